The van der Waals surface area contributed by atoms with Crippen molar-refractivity contribution in [1.82, 2.24) is 5.43 Å². The molecule has 8 heteroatoms. The summed E-state index contributed by atoms with van der Waals surface area (Å²) in [5, 5.41) is 16.5. The van der Waals surface area contributed by atoms with Crippen molar-refractivity contribution < 1.29 is 23.8 Å². The molecule has 0 heterocycles. The van der Waals surface area contributed by atoms with Crippen molar-refractivity contribution in [2.45, 2.75) is 19.3 Å². The van der Waals surface area contributed by atoms with Crippen LogP contribution in [0.15, 0.2) is 54.2 Å². The van der Waals surface area contributed by atoms with Crippen molar-refractivity contribution in [3.05, 3.63) is 66.0 Å². The van der Waals surface area contributed by atoms with Crippen LogP contribution in [0.3, 0.4) is 0 Å². The fourth-order valence-corrected chi connectivity index (χ4v) is 2.45. The molecule has 0 unspecified atom stereocenters. The average Bonchev–Trinajstić information content (AvgIpc) is 2.70. The van der Waals surface area contributed by atoms with Crippen molar-refractivity contribution in [3.8, 4) is 11.5 Å². The molecule has 0 aliphatic rings. The van der Waals surface area contributed by atoms with E-state index in [1.54, 1.807) is 18.2 Å². The quantitative estimate of drug-likeness (QED) is 0.343. The molecule has 2 aromatic rings. The largest absolute Gasteiger partial charge is 0.504 e. The number of nitrogens with zero attached hydrogens (tertiary/aromatic N) is 1. The molecule has 0 radical (unpaired) electrons. The Hall–Kier alpha value is -3.68. The Labute approximate surface area is 167 Å². The SMILES string of the molecule is C=CCc1cc(C=NNC(=O)CCC(=O)Nc2ccc(F)cc2)cc(OC)c1O. The zero-order valence-corrected chi connectivity index (χ0v) is 15.9. The van der Waals surface area contributed by atoms with Gasteiger partial charge in [0.05, 0.1) is 13.3 Å². The number of amides is 2. The van der Waals surface area contributed by atoms with Crippen LogP contribution in [0, 0.1) is 5.82 Å². The average molecular weight is 399 g/mol. The van der Waals surface area contributed by atoms with Crippen LogP contribution >= 0.6 is 0 Å². The number of phenolic OH excluding ortho intramolecular Hbond substituents is 1. The molecule has 0 atom stereocenters. The molecule has 0 aliphatic carbocycles. The Bertz CT molecular complexity index is 911. The summed E-state index contributed by atoms with van der Waals surface area (Å²) >= 11 is 0. The van der Waals surface area contributed by atoms with Gasteiger partial charge in [-0.15, -0.1) is 6.58 Å². The van der Waals surface area contributed by atoms with Gasteiger partial charge in [-0.05, 0) is 48.4 Å². The standard InChI is InChI=1S/C21H22FN3O4/c1-3-4-15-11-14(12-18(29-2)21(15)28)13-23-25-20(27)10-9-19(26)24-17-7-5-16(22)6-8-17/h3,5-8,11-13,28H,1,4,9-10H2,2H3,(H,24,26)(H,25,27). The van der Waals surface area contributed by atoms with Crippen LogP contribution in [0.25, 0.3) is 0 Å². The Kier molecular flexibility index (Phi) is 7.90. The van der Waals surface area contributed by atoms with Crippen LogP contribution in [0.2, 0.25) is 0 Å². The number of carbonyl (C=O) groups is 2. The summed E-state index contributed by atoms with van der Waals surface area (Å²) < 4.78 is 18.0. The fourth-order valence-electron chi connectivity index (χ4n) is 2.45. The molecule has 2 amide bonds. The third-order valence-electron chi connectivity index (χ3n) is 3.87. The van der Waals surface area contributed by atoms with Gasteiger partial charge in [-0.25, -0.2) is 9.82 Å². The van der Waals surface area contributed by atoms with Gasteiger partial charge in [-0.1, -0.05) is 6.08 Å². The highest BCUT2D eigenvalue weighted by molar-refractivity contribution is 5.93. The topological polar surface area (TPSA) is 100 Å². The molecule has 2 rings (SSSR count). The van der Waals surface area contributed by atoms with Crippen molar-refractivity contribution in [2.75, 3.05) is 12.4 Å². The summed E-state index contributed by atoms with van der Waals surface area (Å²) in [5.74, 6) is -0.890. The minimum Gasteiger partial charge on any atom is -0.504 e. The first kappa shape index (κ1) is 21.6. The van der Waals surface area contributed by atoms with E-state index in [1.807, 2.05) is 0 Å². The number of hydrogen-bond acceptors (Lipinski definition) is 5. The predicted molar refractivity (Wildman–Crippen MR) is 109 cm³/mol. The van der Waals surface area contributed by atoms with E-state index in [0.29, 0.717) is 23.2 Å². The molecular weight excluding hydrogens is 377 g/mol. The van der Waals surface area contributed by atoms with Crippen molar-refractivity contribution in [2.24, 2.45) is 5.10 Å². The Balaban J connectivity index is 1.86. The lowest BCUT2D eigenvalue weighted by molar-refractivity contribution is -0.124. The third-order valence-corrected chi connectivity index (χ3v) is 3.87. The summed E-state index contributed by atoms with van der Waals surface area (Å²) in [6, 6.07) is 8.61. The number of halogens is 1. The van der Waals surface area contributed by atoms with Crippen LogP contribution in [-0.4, -0.2) is 30.2 Å². The second kappa shape index (κ2) is 10.6. The molecule has 152 valence electrons. The maximum Gasteiger partial charge on any atom is 0.240 e. The van der Waals surface area contributed by atoms with E-state index >= 15 is 0 Å². The lowest BCUT2D eigenvalue weighted by Crippen LogP contribution is -2.20. The lowest BCUT2D eigenvalue weighted by Gasteiger charge is -2.09. The van der Waals surface area contributed by atoms with Crippen LogP contribution in [0.4, 0.5) is 10.1 Å². The molecule has 29 heavy (non-hydrogen) atoms. The molecule has 3 N–H and O–H groups in total. The summed E-state index contributed by atoms with van der Waals surface area (Å²) in [4.78, 5) is 23.7. The zero-order chi connectivity index (χ0) is 21.2. The van der Waals surface area contributed by atoms with Gasteiger partial charge in [0.25, 0.3) is 0 Å². The Morgan fingerprint density at radius 2 is 1.90 bits per heavy atom. The normalized spacial score (nSPS) is 10.6. The van der Waals surface area contributed by atoms with E-state index < -0.39 is 11.7 Å². The first-order valence-electron chi connectivity index (χ1n) is 8.81. The maximum absolute atomic E-state index is 12.8. The number of anilines is 1. The van der Waals surface area contributed by atoms with Crippen LogP contribution < -0.4 is 15.5 Å². The van der Waals surface area contributed by atoms with E-state index in [4.69, 9.17) is 4.74 Å². The number of ether oxygens (including phenoxy) is 1. The first-order chi connectivity index (χ1) is 13.9. The minimum absolute atomic E-state index is 0.0285. The molecule has 0 fully saturated rings. The number of nitrogens with one attached hydrogen (secondary N) is 2. The molecule has 0 saturated heterocycles. The molecule has 0 bridgehead atoms. The van der Waals surface area contributed by atoms with E-state index in [0.717, 1.165) is 0 Å². The lowest BCUT2D eigenvalue weighted by atomic mass is 10.1. The Morgan fingerprint density at radius 3 is 2.55 bits per heavy atom. The number of hydrogen-bond donors (Lipinski definition) is 3. The monoisotopic (exact) mass is 399 g/mol. The van der Waals surface area contributed by atoms with E-state index in [2.05, 4.69) is 22.4 Å². The van der Waals surface area contributed by atoms with Crippen molar-refractivity contribution in [3.63, 3.8) is 0 Å². The highest BCUT2D eigenvalue weighted by Crippen LogP contribution is 2.31. The van der Waals surface area contributed by atoms with Gasteiger partial charge >= 0.3 is 0 Å². The Morgan fingerprint density at radius 1 is 1.21 bits per heavy atom. The molecule has 7 nitrogen and oxygen atoms in total. The number of hydrazone groups is 1. The molecule has 0 saturated carbocycles. The smallest absolute Gasteiger partial charge is 0.240 e. The van der Waals surface area contributed by atoms with Gasteiger partial charge in [-0.2, -0.15) is 5.10 Å². The van der Waals surface area contributed by atoms with Crippen LogP contribution in [-0.2, 0) is 16.0 Å². The predicted octanol–water partition coefficient (Wildman–Crippen LogP) is 3.14. The molecule has 0 aliphatic heterocycles. The van der Waals surface area contributed by atoms with Crippen molar-refractivity contribution >= 4 is 23.7 Å². The van der Waals surface area contributed by atoms with Crippen LogP contribution in [0.5, 0.6) is 11.5 Å². The third kappa shape index (κ3) is 6.76. The number of phenols is 1. The number of rotatable bonds is 9. The number of allylic oxidation sites excluding steroid dienone is 1. The second-order valence-electron chi connectivity index (χ2n) is 6.07. The zero-order valence-electron chi connectivity index (χ0n) is 15.9. The van der Waals surface area contributed by atoms with Gasteiger partial charge < -0.3 is 15.2 Å². The van der Waals surface area contributed by atoms with Gasteiger partial charge in [0.15, 0.2) is 11.5 Å². The van der Waals surface area contributed by atoms with E-state index in [1.165, 1.54) is 37.6 Å². The molecule has 2 aromatic carbocycles. The van der Waals surface area contributed by atoms with E-state index in [-0.39, 0.29) is 30.2 Å². The highest BCUT2D eigenvalue weighted by Gasteiger charge is 2.09. The minimum atomic E-state index is -0.437. The summed E-state index contributed by atoms with van der Waals surface area (Å²) in [5.41, 5.74) is 4.02. The number of methoxy groups -OCH3 is 1. The van der Waals surface area contributed by atoms with E-state index in [9.17, 15) is 19.1 Å². The first-order valence-corrected chi connectivity index (χ1v) is 8.81. The number of carbonyl (C=O) groups excluding carboxylic acids is 2. The van der Waals surface area contributed by atoms with Gasteiger partial charge in [0.2, 0.25) is 11.8 Å². The van der Waals surface area contributed by atoms with Gasteiger partial charge in [0.1, 0.15) is 5.82 Å². The number of aromatic hydroxyl groups is 1. The summed E-state index contributed by atoms with van der Waals surface area (Å²) in [7, 11) is 1.44. The fraction of sp³-hybridized carbons (Fsp3) is 0.190. The van der Waals surface area contributed by atoms with Gasteiger partial charge in [0, 0.05) is 24.1 Å². The maximum atomic E-state index is 12.8. The molecular formula is C21H22FN3O4. The van der Waals surface area contributed by atoms with Crippen LogP contribution in [0.1, 0.15) is 24.0 Å². The number of benzene rings is 2. The van der Waals surface area contributed by atoms with Gasteiger partial charge in [-0.3, -0.25) is 9.59 Å². The van der Waals surface area contributed by atoms with Crippen molar-refractivity contribution in [1.29, 1.82) is 0 Å². The highest BCUT2D eigenvalue weighted by atomic mass is 19.1. The summed E-state index contributed by atoms with van der Waals surface area (Å²) in [6.45, 7) is 3.64. The second-order valence-corrected chi connectivity index (χ2v) is 6.07. The summed E-state index contributed by atoms with van der Waals surface area (Å²) in [6.07, 6.45) is 3.39. The molecule has 0 aromatic heterocycles. The molecule has 0 spiro atoms.